The first-order valence-corrected chi connectivity index (χ1v) is 10.6. The molecule has 3 aromatic rings. The summed E-state index contributed by atoms with van der Waals surface area (Å²) in [7, 11) is 0. The molecule has 11 heteroatoms. The molecule has 1 aliphatic rings. The SMILES string of the molecule is C[C@@H]1CCCN(C(=O)c2cc(F)ccc2-n2nccn2)[C@@H]1CCc1ccc(C(F)(F)F)nn1. The third kappa shape index (κ3) is 5.01. The highest BCUT2D eigenvalue weighted by atomic mass is 19.4. The van der Waals surface area contributed by atoms with Gasteiger partial charge in [-0.1, -0.05) is 6.92 Å². The van der Waals surface area contributed by atoms with Crippen LogP contribution in [0.4, 0.5) is 17.6 Å². The van der Waals surface area contributed by atoms with Crippen molar-refractivity contribution in [1.82, 2.24) is 30.1 Å². The summed E-state index contributed by atoms with van der Waals surface area (Å²) in [6.07, 6.45) is 0.956. The molecule has 0 bridgehead atoms. The van der Waals surface area contributed by atoms with Gasteiger partial charge in [0, 0.05) is 12.6 Å². The number of hydrogen-bond donors (Lipinski definition) is 0. The molecule has 33 heavy (non-hydrogen) atoms. The molecular formula is C22H22F4N6O. The number of hydrogen-bond acceptors (Lipinski definition) is 5. The number of aromatic nitrogens is 5. The number of benzene rings is 1. The fraction of sp³-hybridized carbons (Fsp3) is 0.409. The smallest absolute Gasteiger partial charge is 0.335 e. The molecule has 1 saturated heterocycles. The molecule has 174 valence electrons. The van der Waals surface area contributed by atoms with Crippen molar-refractivity contribution in [1.29, 1.82) is 0 Å². The molecule has 0 unspecified atom stereocenters. The molecule has 0 spiro atoms. The Morgan fingerprint density at radius 2 is 1.88 bits per heavy atom. The lowest BCUT2D eigenvalue weighted by atomic mass is 9.87. The number of likely N-dealkylation sites (tertiary alicyclic amines) is 1. The second kappa shape index (κ2) is 9.24. The van der Waals surface area contributed by atoms with E-state index in [0.29, 0.717) is 30.8 Å². The third-order valence-corrected chi connectivity index (χ3v) is 5.91. The summed E-state index contributed by atoms with van der Waals surface area (Å²) >= 11 is 0. The van der Waals surface area contributed by atoms with E-state index in [1.165, 1.54) is 41.5 Å². The van der Waals surface area contributed by atoms with Crippen LogP contribution in [-0.4, -0.2) is 48.6 Å². The molecule has 2 aromatic heterocycles. The standard InChI is InChI=1S/C22H22F4N6O/c1-14-3-2-12-31(18(14)8-5-16-6-9-20(30-29-16)22(24,25)26)21(33)17-13-15(23)4-7-19(17)32-27-10-11-28-32/h4,6-7,9-11,13-14,18H,2-3,5,8,12H2,1H3/t14-,18-/m1/s1. The Morgan fingerprint density at radius 1 is 1.12 bits per heavy atom. The van der Waals surface area contributed by atoms with Gasteiger partial charge < -0.3 is 4.90 Å². The second-order valence-electron chi connectivity index (χ2n) is 8.11. The Balaban J connectivity index is 1.55. The maximum Gasteiger partial charge on any atom is 0.435 e. The van der Waals surface area contributed by atoms with Crippen molar-refractivity contribution in [3.63, 3.8) is 0 Å². The number of piperidine rings is 1. The number of nitrogens with zero attached hydrogens (tertiary/aromatic N) is 6. The summed E-state index contributed by atoms with van der Waals surface area (Å²) in [5.74, 6) is -0.724. The van der Waals surface area contributed by atoms with Crippen LogP contribution in [0.5, 0.6) is 0 Å². The molecule has 1 fully saturated rings. The lowest BCUT2D eigenvalue weighted by Gasteiger charge is -2.40. The van der Waals surface area contributed by atoms with E-state index in [2.05, 4.69) is 20.4 Å². The molecule has 7 nitrogen and oxygen atoms in total. The highest BCUT2D eigenvalue weighted by molar-refractivity contribution is 5.98. The van der Waals surface area contributed by atoms with Crippen LogP contribution in [-0.2, 0) is 12.6 Å². The highest BCUT2D eigenvalue weighted by Gasteiger charge is 2.35. The van der Waals surface area contributed by atoms with E-state index in [0.717, 1.165) is 18.9 Å². The average Bonchev–Trinajstić information content (AvgIpc) is 3.32. The fourth-order valence-corrected chi connectivity index (χ4v) is 4.23. The van der Waals surface area contributed by atoms with Crippen LogP contribution >= 0.6 is 0 Å². The average molecular weight is 462 g/mol. The van der Waals surface area contributed by atoms with E-state index in [-0.39, 0.29) is 23.4 Å². The minimum atomic E-state index is -4.54. The quantitative estimate of drug-likeness (QED) is 0.534. The van der Waals surface area contributed by atoms with Gasteiger partial charge in [0.2, 0.25) is 0 Å². The molecule has 1 aliphatic heterocycles. The molecule has 1 amide bonds. The Hall–Kier alpha value is -3.37. The van der Waals surface area contributed by atoms with Gasteiger partial charge in [0.25, 0.3) is 5.91 Å². The molecule has 0 aliphatic carbocycles. The van der Waals surface area contributed by atoms with Crippen LogP contribution in [0.3, 0.4) is 0 Å². The number of halogens is 4. The molecule has 0 N–H and O–H groups in total. The Kier molecular flexibility index (Phi) is 6.39. The maximum absolute atomic E-state index is 14.1. The first kappa shape index (κ1) is 22.8. The highest BCUT2D eigenvalue weighted by Crippen LogP contribution is 2.30. The number of alkyl halides is 3. The largest absolute Gasteiger partial charge is 0.435 e. The summed E-state index contributed by atoms with van der Waals surface area (Å²) in [5.41, 5.74) is -0.100. The monoisotopic (exact) mass is 462 g/mol. The summed E-state index contributed by atoms with van der Waals surface area (Å²) in [5, 5.41) is 15.1. The molecule has 1 aromatic carbocycles. The van der Waals surface area contributed by atoms with E-state index in [9.17, 15) is 22.4 Å². The predicted molar refractivity (Wildman–Crippen MR) is 110 cm³/mol. The van der Waals surface area contributed by atoms with Crippen LogP contribution in [0.1, 0.15) is 47.9 Å². The third-order valence-electron chi connectivity index (χ3n) is 5.91. The second-order valence-corrected chi connectivity index (χ2v) is 8.11. The zero-order chi connectivity index (χ0) is 23.6. The van der Waals surface area contributed by atoms with Gasteiger partial charge in [0.15, 0.2) is 5.69 Å². The molecule has 4 rings (SSSR count). The summed E-state index contributed by atoms with van der Waals surface area (Å²) in [6, 6.07) is 5.92. The van der Waals surface area contributed by atoms with Crippen molar-refractivity contribution in [2.45, 2.75) is 44.8 Å². The van der Waals surface area contributed by atoms with Crippen LogP contribution in [0.15, 0.2) is 42.7 Å². The van der Waals surface area contributed by atoms with Gasteiger partial charge in [-0.15, -0.1) is 5.10 Å². The minimum absolute atomic E-state index is 0.152. The zero-order valence-electron chi connectivity index (χ0n) is 17.8. The van der Waals surface area contributed by atoms with Gasteiger partial charge in [0.05, 0.1) is 29.3 Å². The number of rotatable bonds is 5. The van der Waals surface area contributed by atoms with Crippen LogP contribution in [0.2, 0.25) is 0 Å². The van der Waals surface area contributed by atoms with Crippen molar-refractivity contribution >= 4 is 5.91 Å². The lowest BCUT2D eigenvalue weighted by Crippen LogP contribution is -2.48. The summed E-state index contributed by atoms with van der Waals surface area (Å²) < 4.78 is 52.2. The van der Waals surface area contributed by atoms with Crippen molar-refractivity contribution in [3.8, 4) is 5.69 Å². The molecule has 0 saturated carbocycles. The molecule has 2 atom stereocenters. The van der Waals surface area contributed by atoms with Crippen LogP contribution < -0.4 is 0 Å². The van der Waals surface area contributed by atoms with Gasteiger partial charge >= 0.3 is 6.18 Å². The van der Waals surface area contributed by atoms with Gasteiger partial charge in [0.1, 0.15) is 5.82 Å². The zero-order valence-corrected chi connectivity index (χ0v) is 17.8. The Morgan fingerprint density at radius 3 is 2.55 bits per heavy atom. The van der Waals surface area contributed by atoms with E-state index in [1.54, 1.807) is 4.90 Å². The summed E-state index contributed by atoms with van der Waals surface area (Å²) in [6.45, 7) is 2.53. The number of carbonyl (C=O) groups is 1. The fourth-order valence-electron chi connectivity index (χ4n) is 4.23. The predicted octanol–water partition coefficient (Wildman–Crippen LogP) is 4.09. The van der Waals surface area contributed by atoms with E-state index >= 15 is 0 Å². The van der Waals surface area contributed by atoms with Crippen LogP contribution in [0.25, 0.3) is 5.69 Å². The first-order chi connectivity index (χ1) is 15.7. The number of amides is 1. The van der Waals surface area contributed by atoms with E-state index < -0.39 is 17.7 Å². The van der Waals surface area contributed by atoms with Gasteiger partial charge in [-0.25, -0.2) is 4.39 Å². The van der Waals surface area contributed by atoms with E-state index in [1.807, 2.05) is 6.92 Å². The maximum atomic E-state index is 14.1. The van der Waals surface area contributed by atoms with Gasteiger partial charge in [-0.2, -0.15) is 33.3 Å². The molecular weight excluding hydrogens is 440 g/mol. The Bertz CT molecular complexity index is 1100. The summed E-state index contributed by atoms with van der Waals surface area (Å²) in [4.78, 5) is 16.5. The Labute approximate surface area is 187 Å². The van der Waals surface area contributed by atoms with Crippen molar-refractivity contribution in [2.75, 3.05) is 6.54 Å². The number of carbonyl (C=O) groups excluding carboxylic acids is 1. The van der Waals surface area contributed by atoms with Crippen molar-refractivity contribution < 1.29 is 22.4 Å². The minimum Gasteiger partial charge on any atom is -0.335 e. The van der Waals surface area contributed by atoms with Crippen LogP contribution in [0, 0.1) is 11.7 Å². The topological polar surface area (TPSA) is 76.8 Å². The van der Waals surface area contributed by atoms with Crippen molar-refractivity contribution in [3.05, 3.63) is 65.5 Å². The number of aryl methyl sites for hydroxylation is 1. The van der Waals surface area contributed by atoms with E-state index in [4.69, 9.17) is 0 Å². The molecule has 0 radical (unpaired) electrons. The molecule has 3 heterocycles. The van der Waals surface area contributed by atoms with Crippen molar-refractivity contribution in [2.24, 2.45) is 5.92 Å². The normalized spacial score (nSPS) is 19.0. The van der Waals surface area contributed by atoms with Gasteiger partial charge in [-0.05, 0) is 61.9 Å². The van der Waals surface area contributed by atoms with Gasteiger partial charge in [-0.3, -0.25) is 4.79 Å². The first-order valence-electron chi connectivity index (χ1n) is 10.6. The lowest BCUT2D eigenvalue weighted by molar-refractivity contribution is -0.141.